The van der Waals surface area contributed by atoms with Gasteiger partial charge in [0.05, 0.1) is 6.61 Å². The molecule has 6 atom stereocenters. The zero-order chi connectivity index (χ0) is 23.8. The minimum Gasteiger partial charge on any atom is -0.756 e. The Morgan fingerprint density at radius 1 is 1.26 bits per heavy atom. The van der Waals surface area contributed by atoms with E-state index in [1.54, 1.807) is 0 Å². The molecule has 16 nitrogen and oxygen atoms in total. The Balaban J connectivity index is 2.11. The summed E-state index contributed by atoms with van der Waals surface area (Å²) in [5.41, 5.74) is 3.96. The molecule has 3 N–H and O–H groups in total. The molecular weight excluding hydrogens is 501 g/mol. The van der Waals surface area contributed by atoms with Crippen LogP contribution in [0.3, 0.4) is 0 Å². The number of hydrogen-bond donors (Lipinski definition) is 2. The van der Waals surface area contributed by atoms with E-state index in [0.717, 1.165) is 12.3 Å². The molecule has 0 radical (unpaired) electrons. The highest BCUT2D eigenvalue weighted by Crippen LogP contribution is 2.62. The molecule has 31 heavy (non-hydrogen) atoms. The van der Waals surface area contributed by atoms with Crippen molar-refractivity contribution >= 4 is 29.3 Å². The summed E-state index contributed by atoms with van der Waals surface area (Å²) in [6, 6.07) is 0.969. The van der Waals surface area contributed by atoms with Gasteiger partial charge in [0, 0.05) is 13.3 Å². The zero-order valence-electron chi connectivity index (χ0n) is 15.0. The molecule has 3 unspecified atom stereocenters. The predicted octanol–water partition coefficient (Wildman–Crippen LogP) is -2.18. The number of alkyl halides is 2. The molecule has 0 amide bonds. The average Bonchev–Trinajstić information content (AvgIpc) is 2.81. The summed E-state index contributed by atoms with van der Waals surface area (Å²) in [6.07, 6.45) is -6.52. The number of aromatic nitrogens is 2. The normalized spacial score (nSPS) is 29.1. The van der Waals surface area contributed by atoms with Crippen molar-refractivity contribution in [1.29, 1.82) is 0 Å². The molecular formula is C10H13F2N3O13P3-3. The van der Waals surface area contributed by atoms with Gasteiger partial charge in [-0.15, -0.1) is 0 Å². The highest BCUT2D eigenvalue weighted by Gasteiger charge is 2.60. The summed E-state index contributed by atoms with van der Waals surface area (Å²) < 4.78 is 82.0. The smallest absolute Gasteiger partial charge is 0.351 e. The largest absolute Gasteiger partial charge is 0.756 e. The second kappa shape index (κ2) is 9.02. The second-order valence-electron chi connectivity index (χ2n) is 5.67. The topological polar surface area (TPSA) is 248 Å². The van der Waals surface area contributed by atoms with Crippen molar-refractivity contribution in [3.8, 4) is 0 Å². The van der Waals surface area contributed by atoms with Crippen LogP contribution >= 0.6 is 23.5 Å². The van der Waals surface area contributed by atoms with E-state index in [4.69, 9.17) is 10.5 Å². The number of anilines is 1. The maximum absolute atomic E-state index is 14.3. The number of ether oxygens (including phenoxy) is 1. The molecule has 2 rings (SSSR count). The Kier molecular flexibility index (Phi) is 7.60. The average molecular weight is 514 g/mol. The molecule has 2 heterocycles. The fourth-order valence-electron chi connectivity index (χ4n) is 2.19. The number of aliphatic hydroxyl groups is 1. The van der Waals surface area contributed by atoms with Gasteiger partial charge in [-0.05, 0) is 6.07 Å². The lowest BCUT2D eigenvalue weighted by molar-refractivity contribution is -0.251. The van der Waals surface area contributed by atoms with E-state index >= 15 is 0 Å². The van der Waals surface area contributed by atoms with Crippen molar-refractivity contribution in [2.24, 2.45) is 0 Å². The van der Waals surface area contributed by atoms with Crippen LogP contribution in [0.1, 0.15) is 6.23 Å². The second-order valence-corrected chi connectivity index (χ2v) is 10.3. The third-order valence-electron chi connectivity index (χ3n) is 3.50. The third kappa shape index (κ3) is 6.44. The van der Waals surface area contributed by atoms with Crippen LogP contribution in [0.5, 0.6) is 0 Å². The number of hydrogen-bond acceptors (Lipinski definition) is 15. The molecule has 1 fully saturated rings. The molecule has 1 aliphatic heterocycles. The fraction of sp³-hybridized carbons (Fsp3) is 0.600. The monoisotopic (exact) mass is 514 g/mol. The summed E-state index contributed by atoms with van der Waals surface area (Å²) in [5.74, 6) is -4.46. The van der Waals surface area contributed by atoms with Gasteiger partial charge in [-0.2, -0.15) is 13.8 Å². The Hall–Kier alpha value is -1.13. The predicted molar refractivity (Wildman–Crippen MR) is 85.7 cm³/mol. The molecule has 1 aromatic heterocycles. The van der Waals surface area contributed by atoms with Crippen molar-refractivity contribution in [3.63, 3.8) is 0 Å². The number of aliphatic hydroxyl groups excluding tert-OH is 1. The highest BCUT2D eigenvalue weighted by molar-refractivity contribution is 7.65. The van der Waals surface area contributed by atoms with Gasteiger partial charge in [-0.25, -0.2) is 13.4 Å². The minimum atomic E-state index is -6.09. The Morgan fingerprint density at radius 2 is 1.84 bits per heavy atom. The Morgan fingerprint density at radius 3 is 2.39 bits per heavy atom. The van der Waals surface area contributed by atoms with Gasteiger partial charge >= 0.3 is 11.6 Å². The van der Waals surface area contributed by atoms with Crippen LogP contribution < -0.4 is 26.1 Å². The zero-order valence-corrected chi connectivity index (χ0v) is 17.7. The number of rotatable bonds is 9. The van der Waals surface area contributed by atoms with Crippen LogP contribution in [0.25, 0.3) is 0 Å². The fourth-order valence-corrected chi connectivity index (χ4v) is 5.32. The van der Waals surface area contributed by atoms with Crippen LogP contribution in [0.2, 0.25) is 0 Å². The molecule has 178 valence electrons. The van der Waals surface area contributed by atoms with Gasteiger partial charge < -0.3 is 39.3 Å². The van der Waals surface area contributed by atoms with Crippen LogP contribution in [0.4, 0.5) is 14.6 Å². The van der Waals surface area contributed by atoms with Crippen molar-refractivity contribution in [2.75, 3.05) is 19.5 Å². The Labute approximate surface area is 170 Å². The van der Waals surface area contributed by atoms with Gasteiger partial charge in [0.25, 0.3) is 23.5 Å². The summed E-state index contributed by atoms with van der Waals surface area (Å²) in [5, 5.41) is 9.72. The number of phosphoric acid groups is 3. The van der Waals surface area contributed by atoms with Crippen molar-refractivity contribution in [1.82, 2.24) is 9.55 Å². The molecule has 1 saturated heterocycles. The molecule has 0 saturated carbocycles. The molecule has 1 aliphatic rings. The number of phosphoric ester groups is 2. The molecule has 0 spiro atoms. The lowest BCUT2D eigenvalue weighted by Crippen LogP contribution is -2.42. The van der Waals surface area contributed by atoms with Gasteiger partial charge in [0.15, 0.2) is 6.10 Å². The first-order valence-corrected chi connectivity index (χ1v) is 12.0. The maximum Gasteiger partial charge on any atom is 0.351 e. The van der Waals surface area contributed by atoms with E-state index in [-0.39, 0.29) is 10.4 Å². The van der Waals surface area contributed by atoms with Crippen LogP contribution in [-0.2, 0) is 36.1 Å². The molecule has 0 aliphatic carbocycles. The van der Waals surface area contributed by atoms with E-state index in [1.807, 2.05) is 0 Å². The van der Waals surface area contributed by atoms with Crippen molar-refractivity contribution < 1.29 is 64.7 Å². The quantitative estimate of drug-likeness (QED) is 0.333. The molecule has 21 heteroatoms. The van der Waals surface area contributed by atoms with Crippen molar-refractivity contribution in [3.05, 3.63) is 22.7 Å². The Bertz CT molecular complexity index is 1020. The number of nitrogens with zero attached hydrogens (tertiary/aromatic N) is 2. The molecule has 1 aromatic rings. The summed E-state index contributed by atoms with van der Waals surface area (Å²) in [6.45, 7) is -1.43. The SMILES string of the molecule is COP(=O)([O-])OP(=O)([O-])OP(=O)([O-])OC[C@H]1O[C@@H](n2ccc(N)nc2=O)C(F)(F)[C@@H]1O. The first-order chi connectivity index (χ1) is 14.0. The lowest BCUT2D eigenvalue weighted by atomic mass is 10.1. The molecule has 0 aromatic carbocycles. The number of nitrogen functional groups attached to an aromatic ring is 1. The van der Waals surface area contributed by atoms with Gasteiger partial charge in [0.1, 0.15) is 11.9 Å². The van der Waals surface area contributed by atoms with Gasteiger partial charge in [-0.3, -0.25) is 18.3 Å². The standard InChI is InChI=1S/C10H16F2N3O13P3/c1-24-29(18,19)27-31(22,23)28-30(20,21)25-4-5-7(16)10(11,12)8(26-5)15-3-2-6(13)14-9(15)17/h2-3,5,7-8,16H,4H2,1H3,(H,18,19)(H,20,21)(H,22,23)(H2,13,14,17)/p-3/t5-,7-,8-/m1/s1. The van der Waals surface area contributed by atoms with E-state index in [2.05, 4.69) is 22.7 Å². The first-order valence-electron chi connectivity index (χ1n) is 7.62. The summed E-state index contributed by atoms with van der Waals surface area (Å²) >= 11 is 0. The van der Waals surface area contributed by atoms with Crippen LogP contribution in [0, 0.1) is 0 Å². The maximum atomic E-state index is 14.3. The lowest BCUT2D eigenvalue weighted by Gasteiger charge is -2.34. The van der Waals surface area contributed by atoms with Gasteiger partial charge in [-0.1, -0.05) is 0 Å². The van der Waals surface area contributed by atoms with Crippen LogP contribution in [0.15, 0.2) is 17.1 Å². The van der Waals surface area contributed by atoms with E-state index < -0.39 is 60.1 Å². The van der Waals surface area contributed by atoms with E-state index in [0.29, 0.717) is 7.11 Å². The summed E-state index contributed by atoms with van der Waals surface area (Å²) in [4.78, 5) is 48.8. The van der Waals surface area contributed by atoms with E-state index in [1.165, 1.54) is 0 Å². The first kappa shape index (κ1) is 26.1. The minimum absolute atomic E-state index is 0.267. The highest BCUT2D eigenvalue weighted by atomic mass is 31.3. The molecule has 0 bridgehead atoms. The van der Waals surface area contributed by atoms with E-state index in [9.17, 15) is 47.1 Å². The van der Waals surface area contributed by atoms with Crippen molar-refractivity contribution in [2.45, 2.75) is 24.4 Å². The summed E-state index contributed by atoms with van der Waals surface area (Å²) in [7, 11) is -17.0. The number of nitrogens with two attached hydrogens (primary N) is 1. The number of halogens is 2. The van der Waals surface area contributed by atoms with Crippen LogP contribution in [-0.4, -0.2) is 46.5 Å². The van der Waals surface area contributed by atoms with Gasteiger partial charge in [0.2, 0.25) is 6.23 Å². The third-order valence-corrected chi connectivity index (χ3v) is 7.62.